The molecule has 4 nitrogen and oxygen atoms in total. The Morgan fingerprint density at radius 2 is 1.69 bits per heavy atom. The predicted octanol–water partition coefficient (Wildman–Crippen LogP) is 3.99. The molecule has 0 unspecified atom stereocenters. The number of carbonyl (C=O) groups is 2. The number of ether oxygens (including phenoxy) is 1. The lowest BCUT2D eigenvalue weighted by Gasteiger charge is -2.18. The Hall–Kier alpha value is -2.62. The van der Waals surface area contributed by atoms with E-state index in [-0.39, 0.29) is 11.9 Å². The summed E-state index contributed by atoms with van der Waals surface area (Å²) in [5.74, 6) is -0.741. The molecule has 0 fully saturated rings. The lowest BCUT2D eigenvalue weighted by molar-refractivity contribution is -0.129. The summed E-state index contributed by atoms with van der Waals surface area (Å²) in [5, 5.41) is 2.92. The molecular formula is C22H27NO3. The highest BCUT2D eigenvalue weighted by molar-refractivity contribution is 5.93. The molecule has 26 heavy (non-hydrogen) atoms. The number of amides is 1. The highest BCUT2D eigenvalue weighted by Gasteiger charge is 2.21. The Kier molecular flexibility index (Phi) is 6.96. The third-order valence-corrected chi connectivity index (χ3v) is 4.58. The van der Waals surface area contributed by atoms with Gasteiger partial charge in [-0.25, -0.2) is 4.79 Å². The van der Waals surface area contributed by atoms with Crippen LogP contribution in [-0.2, 0) is 16.0 Å². The molecule has 138 valence electrons. The minimum absolute atomic E-state index is 0.00423. The molecule has 0 aliphatic rings. The summed E-state index contributed by atoms with van der Waals surface area (Å²) in [6, 6.07) is 15.6. The molecule has 0 aromatic heterocycles. The van der Waals surface area contributed by atoms with Gasteiger partial charge in [0, 0.05) is 6.04 Å². The van der Waals surface area contributed by atoms with Crippen molar-refractivity contribution in [2.45, 2.75) is 52.7 Å². The Balaban J connectivity index is 1.84. The quantitative estimate of drug-likeness (QED) is 0.766. The van der Waals surface area contributed by atoms with Gasteiger partial charge in [-0.15, -0.1) is 0 Å². The van der Waals surface area contributed by atoms with Gasteiger partial charge >= 0.3 is 5.97 Å². The first kappa shape index (κ1) is 19.7. The Bertz CT molecular complexity index is 755. The van der Waals surface area contributed by atoms with Crippen LogP contribution in [0.1, 0.15) is 47.3 Å². The van der Waals surface area contributed by atoms with E-state index in [4.69, 9.17) is 4.74 Å². The summed E-state index contributed by atoms with van der Waals surface area (Å²) in [6.07, 6.45) is 0.883. The number of aryl methyl sites for hydroxylation is 2. The number of esters is 1. The van der Waals surface area contributed by atoms with Crippen LogP contribution in [0.4, 0.5) is 0 Å². The van der Waals surface area contributed by atoms with E-state index >= 15 is 0 Å². The molecule has 2 aromatic carbocycles. The van der Waals surface area contributed by atoms with Gasteiger partial charge in [0.05, 0.1) is 5.56 Å². The molecule has 2 atom stereocenters. The molecule has 0 radical (unpaired) electrons. The maximum absolute atomic E-state index is 12.3. The van der Waals surface area contributed by atoms with Gasteiger partial charge in [0.2, 0.25) is 0 Å². The van der Waals surface area contributed by atoms with E-state index < -0.39 is 12.1 Å². The van der Waals surface area contributed by atoms with Crippen LogP contribution in [0.3, 0.4) is 0 Å². The molecular weight excluding hydrogens is 326 g/mol. The van der Waals surface area contributed by atoms with Crippen molar-refractivity contribution < 1.29 is 14.3 Å². The zero-order valence-corrected chi connectivity index (χ0v) is 15.9. The van der Waals surface area contributed by atoms with Crippen molar-refractivity contribution in [2.24, 2.45) is 0 Å². The van der Waals surface area contributed by atoms with Crippen molar-refractivity contribution in [2.75, 3.05) is 0 Å². The second-order valence-electron chi connectivity index (χ2n) is 6.73. The van der Waals surface area contributed by atoms with Gasteiger partial charge in [0.1, 0.15) is 0 Å². The molecule has 4 heteroatoms. The second kappa shape index (κ2) is 9.18. The molecule has 1 amide bonds. The predicted molar refractivity (Wildman–Crippen MR) is 103 cm³/mol. The van der Waals surface area contributed by atoms with Crippen LogP contribution in [0.5, 0.6) is 0 Å². The van der Waals surface area contributed by atoms with Crippen LogP contribution >= 0.6 is 0 Å². The molecule has 0 aliphatic carbocycles. The number of benzene rings is 2. The normalized spacial score (nSPS) is 12.9. The molecule has 0 bridgehead atoms. The van der Waals surface area contributed by atoms with E-state index in [0.717, 1.165) is 24.0 Å². The third kappa shape index (κ3) is 5.45. The maximum atomic E-state index is 12.3. The number of rotatable bonds is 7. The van der Waals surface area contributed by atoms with Crippen molar-refractivity contribution in [1.82, 2.24) is 5.32 Å². The fraction of sp³-hybridized carbons (Fsp3) is 0.364. The van der Waals surface area contributed by atoms with Crippen molar-refractivity contribution in [3.05, 3.63) is 70.8 Å². The molecule has 0 saturated carbocycles. The van der Waals surface area contributed by atoms with Gasteiger partial charge in [0.15, 0.2) is 6.10 Å². The first-order valence-electron chi connectivity index (χ1n) is 9.00. The monoisotopic (exact) mass is 353 g/mol. The van der Waals surface area contributed by atoms with Crippen LogP contribution in [-0.4, -0.2) is 24.0 Å². The summed E-state index contributed by atoms with van der Waals surface area (Å²) in [5.41, 5.74) is 3.64. The molecule has 2 rings (SSSR count). The zero-order chi connectivity index (χ0) is 19.1. The molecule has 0 spiro atoms. The first-order valence-corrected chi connectivity index (χ1v) is 9.00. The smallest absolute Gasteiger partial charge is 0.339 e. The number of carbonyl (C=O) groups excluding carboxylic acids is 2. The number of hydrogen-bond acceptors (Lipinski definition) is 3. The lowest BCUT2D eigenvalue weighted by atomic mass is 10.0. The summed E-state index contributed by atoms with van der Waals surface area (Å²) in [4.78, 5) is 24.6. The average Bonchev–Trinajstić information content (AvgIpc) is 2.63. The van der Waals surface area contributed by atoms with E-state index in [1.807, 2.05) is 51.1 Å². The largest absolute Gasteiger partial charge is 0.449 e. The van der Waals surface area contributed by atoms with Crippen molar-refractivity contribution >= 4 is 11.9 Å². The van der Waals surface area contributed by atoms with E-state index in [9.17, 15) is 9.59 Å². The summed E-state index contributed by atoms with van der Waals surface area (Å²) < 4.78 is 5.35. The fourth-order valence-corrected chi connectivity index (χ4v) is 2.71. The van der Waals surface area contributed by atoms with E-state index in [1.54, 1.807) is 13.0 Å². The van der Waals surface area contributed by atoms with Gasteiger partial charge in [-0.1, -0.05) is 42.5 Å². The van der Waals surface area contributed by atoms with E-state index in [1.165, 1.54) is 5.56 Å². The van der Waals surface area contributed by atoms with Crippen LogP contribution in [0.15, 0.2) is 48.5 Å². The molecule has 1 N–H and O–H groups in total. The maximum Gasteiger partial charge on any atom is 0.339 e. The van der Waals surface area contributed by atoms with Gasteiger partial charge in [-0.05, 0) is 63.3 Å². The average molecular weight is 353 g/mol. The van der Waals surface area contributed by atoms with E-state index in [2.05, 4.69) is 17.4 Å². The lowest BCUT2D eigenvalue weighted by Crippen LogP contribution is -2.41. The Labute approximate surface area is 155 Å². The highest BCUT2D eigenvalue weighted by Crippen LogP contribution is 2.14. The van der Waals surface area contributed by atoms with Crippen molar-refractivity contribution in [3.63, 3.8) is 0 Å². The zero-order valence-electron chi connectivity index (χ0n) is 15.9. The molecule has 2 aromatic rings. The number of nitrogens with one attached hydrogen (secondary N) is 1. The van der Waals surface area contributed by atoms with Crippen LogP contribution in [0.2, 0.25) is 0 Å². The van der Waals surface area contributed by atoms with Crippen LogP contribution in [0.25, 0.3) is 0 Å². The van der Waals surface area contributed by atoms with Gasteiger partial charge in [0.25, 0.3) is 5.91 Å². The standard InChI is InChI=1S/C22H27NO3/c1-15-9-8-12-20(17(15)3)22(25)26-18(4)21(24)23-16(2)13-14-19-10-6-5-7-11-19/h5-12,16,18H,13-14H2,1-4H3,(H,23,24)/t16-,18-/m1/s1. The summed E-state index contributed by atoms with van der Waals surface area (Å²) >= 11 is 0. The molecule has 0 saturated heterocycles. The van der Waals surface area contributed by atoms with E-state index in [0.29, 0.717) is 5.56 Å². The topological polar surface area (TPSA) is 55.4 Å². The van der Waals surface area contributed by atoms with Crippen molar-refractivity contribution in [3.8, 4) is 0 Å². The third-order valence-electron chi connectivity index (χ3n) is 4.58. The molecule has 0 heterocycles. The Morgan fingerprint density at radius 1 is 1.00 bits per heavy atom. The minimum Gasteiger partial charge on any atom is -0.449 e. The van der Waals surface area contributed by atoms with Crippen LogP contribution < -0.4 is 5.32 Å². The molecule has 0 aliphatic heterocycles. The Morgan fingerprint density at radius 3 is 2.38 bits per heavy atom. The van der Waals surface area contributed by atoms with Gasteiger partial charge in [-0.3, -0.25) is 4.79 Å². The minimum atomic E-state index is -0.832. The number of hydrogen-bond donors (Lipinski definition) is 1. The SMILES string of the molecule is Cc1cccc(C(=O)O[C@H](C)C(=O)N[C@H](C)CCc2ccccc2)c1C. The summed E-state index contributed by atoms with van der Waals surface area (Å²) in [6.45, 7) is 7.38. The van der Waals surface area contributed by atoms with Gasteiger partial charge in [-0.2, -0.15) is 0 Å². The van der Waals surface area contributed by atoms with Gasteiger partial charge < -0.3 is 10.1 Å². The fourth-order valence-electron chi connectivity index (χ4n) is 2.71. The highest BCUT2D eigenvalue weighted by atomic mass is 16.5. The first-order chi connectivity index (χ1) is 12.4. The second-order valence-corrected chi connectivity index (χ2v) is 6.73. The summed E-state index contributed by atoms with van der Waals surface area (Å²) in [7, 11) is 0. The van der Waals surface area contributed by atoms with Crippen LogP contribution in [0, 0.1) is 13.8 Å². The van der Waals surface area contributed by atoms with Crippen molar-refractivity contribution in [1.29, 1.82) is 0 Å².